The van der Waals surface area contributed by atoms with Gasteiger partial charge in [0.15, 0.2) is 0 Å². The lowest BCUT2D eigenvalue weighted by Gasteiger charge is -2.33. The summed E-state index contributed by atoms with van der Waals surface area (Å²) in [5, 5.41) is 8.66. The van der Waals surface area contributed by atoms with Crippen molar-refractivity contribution < 1.29 is 9.32 Å². The van der Waals surface area contributed by atoms with Gasteiger partial charge in [0.05, 0.1) is 11.4 Å². The molecule has 0 atom stereocenters. The van der Waals surface area contributed by atoms with Crippen LogP contribution in [0.4, 0.5) is 4.79 Å². The molecule has 3 rings (SSSR count). The molecule has 2 aromatic rings. The molecule has 1 aliphatic rings. The normalized spacial score (nSPS) is 16.0. The molecule has 22 heavy (non-hydrogen) atoms. The van der Waals surface area contributed by atoms with E-state index in [0.717, 1.165) is 22.4 Å². The molecule has 0 aliphatic carbocycles. The SMILES string of the molecule is CNC(=O)N1CCN(Cc2nc(-c3cc(Br)cs3)no2)CC1. The first-order valence-corrected chi connectivity index (χ1v) is 8.59. The van der Waals surface area contributed by atoms with Gasteiger partial charge in [0.25, 0.3) is 0 Å². The fraction of sp³-hybridized carbons (Fsp3) is 0.462. The van der Waals surface area contributed by atoms with Crippen LogP contribution in [-0.4, -0.2) is 59.2 Å². The van der Waals surface area contributed by atoms with Gasteiger partial charge in [-0.3, -0.25) is 4.90 Å². The molecule has 0 saturated carbocycles. The van der Waals surface area contributed by atoms with E-state index in [-0.39, 0.29) is 6.03 Å². The summed E-state index contributed by atoms with van der Waals surface area (Å²) in [5.74, 6) is 1.22. The van der Waals surface area contributed by atoms with Crippen LogP contribution in [-0.2, 0) is 6.54 Å². The molecule has 9 heteroatoms. The van der Waals surface area contributed by atoms with E-state index >= 15 is 0 Å². The van der Waals surface area contributed by atoms with Crippen molar-refractivity contribution in [3.05, 3.63) is 21.8 Å². The molecular weight excluding hydrogens is 370 g/mol. The fourth-order valence-corrected chi connectivity index (χ4v) is 3.66. The van der Waals surface area contributed by atoms with Crippen LogP contribution in [0.15, 0.2) is 20.4 Å². The van der Waals surface area contributed by atoms with Crippen LogP contribution in [0.2, 0.25) is 0 Å². The molecule has 7 nitrogen and oxygen atoms in total. The summed E-state index contributed by atoms with van der Waals surface area (Å²) in [7, 11) is 1.65. The lowest BCUT2D eigenvalue weighted by Crippen LogP contribution is -2.50. The lowest BCUT2D eigenvalue weighted by atomic mass is 10.3. The summed E-state index contributed by atoms with van der Waals surface area (Å²) in [6, 6.07) is 1.95. The van der Waals surface area contributed by atoms with Crippen molar-refractivity contribution in [2.24, 2.45) is 0 Å². The zero-order valence-electron chi connectivity index (χ0n) is 12.1. The van der Waals surface area contributed by atoms with Gasteiger partial charge in [0, 0.05) is 43.1 Å². The molecule has 1 saturated heterocycles. The van der Waals surface area contributed by atoms with Crippen molar-refractivity contribution >= 4 is 33.3 Å². The number of rotatable bonds is 3. The quantitative estimate of drug-likeness (QED) is 0.874. The van der Waals surface area contributed by atoms with Gasteiger partial charge in [0.1, 0.15) is 0 Å². The molecule has 0 radical (unpaired) electrons. The zero-order valence-corrected chi connectivity index (χ0v) is 14.5. The zero-order chi connectivity index (χ0) is 15.5. The van der Waals surface area contributed by atoms with Crippen LogP contribution in [0.1, 0.15) is 5.89 Å². The lowest BCUT2D eigenvalue weighted by molar-refractivity contribution is 0.127. The highest BCUT2D eigenvalue weighted by Gasteiger charge is 2.22. The van der Waals surface area contributed by atoms with Crippen LogP contribution in [0.25, 0.3) is 10.7 Å². The summed E-state index contributed by atoms with van der Waals surface area (Å²) in [5.41, 5.74) is 0. The third kappa shape index (κ3) is 3.47. The second-order valence-electron chi connectivity index (χ2n) is 4.96. The Morgan fingerprint density at radius 1 is 1.45 bits per heavy atom. The minimum absolute atomic E-state index is 0.0250. The van der Waals surface area contributed by atoms with E-state index in [0.29, 0.717) is 31.3 Å². The second-order valence-corrected chi connectivity index (χ2v) is 6.79. The molecule has 0 unspecified atom stereocenters. The summed E-state index contributed by atoms with van der Waals surface area (Å²) in [6.45, 7) is 3.63. The number of carbonyl (C=O) groups is 1. The number of carbonyl (C=O) groups excluding carboxylic acids is 1. The average Bonchev–Trinajstić information content (AvgIpc) is 3.16. The Morgan fingerprint density at radius 2 is 2.23 bits per heavy atom. The van der Waals surface area contributed by atoms with E-state index in [4.69, 9.17) is 4.52 Å². The molecule has 0 spiro atoms. The van der Waals surface area contributed by atoms with Crippen LogP contribution < -0.4 is 5.32 Å². The molecular formula is C13H16BrN5O2S. The van der Waals surface area contributed by atoms with Crippen LogP contribution in [0.3, 0.4) is 0 Å². The number of nitrogens with zero attached hydrogens (tertiary/aromatic N) is 4. The molecule has 1 N–H and O–H groups in total. The maximum Gasteiger partial charge on any atom is 0.317 e. The molecule has 0 aromatic carbocycles. The van der Waals surface area contributed by atoms with Gasteiger partial charge >= 0.3 is 6.03 Å². The Kier molecular flexibility index (Phi) is 4.74. The van der Waals surface area contributed by atoms with Crippen molar-refractivity contribution in [2.75, 3.05) is 33.2 Å². The number of thiophene rings is 1. The highest BCUT2D eigenvalue weighted by molar-refractivity contribution is 9.10. The maximum absolute atomic E-state index is 11.5. The van der Waals surface area contributed by atoms with Crippen molar-refractivity contribution in [3.63, 3.8) is 0 Å². The van der Waals surface area contributed by atoms with E-state index in [1.165, 1.54) is 0 Å². The first-order chi connectivity index (χ1) is 10.7. The number of nitrogens with one attached hydrogen (secondary N) is 1. The number of amides is 2. The third-order valence-electron chi connectivity index (χ3n) is 3.49. The molecule has 1 fully saturated rings. The molecule has 0 bridgehead atoms. The van der Waals surface area contributed by atoms with E-state index in [9.17, 15) is 4.79 Å². The van der Waals surface area contributed by atoms with Gasteiger partial charge < -0.3 is 14.7 Å². The first kappa shape index (κ1) is 15.4. The summed E-state index contributed by atoms with van der Waals surface area (Å²) in [4.78, 5) is 21.0. The Bertz CT molecular complexity index is 650. The highest BCUT2D eigenvalue weighted by atomic mass is 79.9. The minimum Gasteiger partial charge on any atom is -0.341 e. The number of aromatic nitrogens is 2. The van der Waals surface area contributed by atoms with Crippen LogP contribution in [0, 0.1) is 0 Å². The summed E-state index contributed by atoms with van der Waals surface area (Å²) < 4.78 is 6.34. The molecule has 3 heterocycles. The van der Waals surface area contributed by atoms with Gasteiger partial charge in [-0.05, 0) is 22.0 Å². The topological polar surface area (TPSA) is 74.5 Å². The minimum atomic E-state index is -0.0250. The van der Waals surface area contributed by atoms with E-state index in [2.05, 4.69) is 36.3 Å². The Balaban J connectivity index is 1.56. The second kappa shape index (κ2) is 6.76. The number of halogens is 1. The Hall–Kier alpha value is -1.45. The van der Waals surface area contributed by atoms with Gasteiger partial charge in [0.2, 0.25) is 11.7 Å². The van der Waals surface area contributed by atoms with Crippen LogP contribution in [0.5, 0.6) is 0 Å². The number of hydrogen-bond donors (Lipinski definition) is 1. The van der Waals surface area contributed by atoms with E-state index in [1.54, 1.807) is 23.3 Å². The fourth-order valence-electron chi connectivity index (χ4n) is 2.31. The van der Waals surface area contributed by atoms with Gasteiger partial charge in [-0.25, -0.2) is 4.79 Å². The Morgan fingerprint density at radius 3 is 2.86 bits per heavy atom. The monoisotopic (exact) mass is 385 g/mol. The van der Waals surface area contributed by atoms with Crippen molar-refractivity contribution in [1.29, 1.82) is 0 Å². The van der Waals surface area contributed by atoms with Crippen molar-refractivity contribution in [2.45, 2.75) is 6.54 Å². The van der Waals surface area contributed by atoms with Gasteiger partial charge in [-0.2, -0.15) is 4.98 Å². The van der Waals surface area contributed by atoms with E-state index < -0.39 is 0 Å². The first-order valence-electron chi connectivity index (χ1n) is 6.91. The number of piperazine rings is 1. The molecule has 2 aromatic heterocycles. The molecule has 1 aliphatic heterocycles. The smallest absolute Gasteiger partial charge is 0.317 e. The highest BCUT2D eigenvalue weighted by Crippen LogP contribution is 2.27. The van der Waals surface area contributed by atoms with E-state index in [1.807, 2.05) is 11.4 Å². The largest absolute Gasteiger partial charge is 0.341 e. The predicted octanol–water partition coefficient (Wildman–Crippen LogP) is 2.02. The Labute approximate surface area is 140 Å². The number of urea groups is 1. The number of hydrogen-bond acceptors (Lipinski definition) is 6. The average molecular weight is 386 g/mol. The predicted molar refractivity (Wildman–Crippen MR) is 86.6 cm³/mol. The maximum atomic E-state index is 11.5. The third-order valence-corrected chi connectivity index (χ3v) is 5.18. The van der Waals surface area contributed by atoms with Crippen molar-refractivity contribution in [1.82, 2.24) is 25.3 Å². The summed E-state index contributed by atoms with van der Waals surface area (Å²) in [6.07, 6.45) is 0. The standard InChI is InChI=1S/C13H16BrN5O2S/c1-15-13(20)19-4-2-18(3-5-19)7-11-16-12(17-21-11)10-6-9(14)8-22-10/h6,8H,2-5,7H2,1H3,(H,15,20). The summed E-state index contributed by atoms with van der Waals surface area (Å²) >= 11 is 4.99. The molecule has 2 amide bonds. The molecule has 118 valence electrons. The van der Waals surface area contributed by atoms with Gasteiger partial charge in [-0.15, -0.1) is 11.3 Å². The van der Waals surface area contributed by atoms with Crippen molar-refractivity contribution in [3.8, 4) is 10.7 Å². The van der Waals surface area contributed by atoms with Gasteiger partial charge in [-0.1, -0.05) is 5.16 Å². The van der Waals surface area contributed by atoms with Crippen LogP contribution >= 0.6 is 27.3 Å².